The Labute approximate surface area is 232 Å². The molecule has 1 N–H and O–H groups in total. The third-order valence-electron chi connectivity index (χ3n) is 11.4. The molecule has 0 aromatic heterocycles. The van der Waals surface area contributed by atoms with Crippen molar-refractivity contribution in [3.63, 3.8) is 0 Å². The lowest BCUT2D eigenvalue weighted by atomic mass is 9.45. The van der Waals surface area contributed by atoms with Gasteiger partial charge in [0.05, 0.1) is 18.1 Å². The summed E-state index contributed by atoms with van der Waals surface area (Å²) in [4.78, 5) is 14.7. The summed E-state index contributed by atoms with van der Waals surface area (Å²) in [5.41, 5.74) is 9.61. The van der Waals surface area contributed by atoms with Crippen LogP contribution in [0.25, 0.3) is 11.1 Å². The Morgan fingerprint density at radius 1 is 1.05 bits per heavy atom. The van der Waals surface area contributed by atoms with Crippen molar-refractivity contribution in [1.29, 1.82) is 5.26 Å². The highest BCUT2D eigenvalue weighted by Gasteiger charge is 2.64. The number of rotatable bonds is 3. The van der Waals surface area contributed by atoms with Crippen molar-refractivity contribution in [2.45, 2.75) is 76.2 Å². The Morgan fingerprint density at radius 3 is 2.56 bits per heavy atom. The lowest BCUT2D eigenvalue weighted by Crippen LogP contribution is -2.52. The Hall–Kier alpha value is -3.16. The highest BCUT2D eigenvalue weighted by Crippen LogP contribution is 2.71. The monoisotopic (exact) mass is 518 g/mol. The number of anilines is 1. The van der Waals surface area contributed by atoms with Crippen molar-refractivity contribution in [1.82, 2.24) is 0 Å². The Morgan fingerprint density at radius 2 is 1.82 bits per heavy atom. The average Bonchev–Trinajstić information content (AvgIpc) is 3.18. The van der Waals surface area contributed by atoms with Crippen LogP contribution in [-0.2, 0) is 11.2 Å². The maximum Gasteiger partial charge on any atom is 0.155 e. The molecule has 39 heavy (non-hydrogen) atoms. The summed E-state index contributed by atoms with van der Waals surface area (Å²) in [6.45, 7) is 2.27. The largest absolute Gasteiger partial charge is 0.388 e. The van der Waals surface area contributed by atoms with Crippen LogP contribution in [0.3, 0.4) is 0 Å². The zero-order valence-electron chi connectivity index (χ0n) is 23.4. The Balaban J connectivity index is 1.40. The maximum atomic E-state index is 12.6. The van der Waals surface area contributed by atoms with Gasteiger partial charge in [-0.3, -0.25) is 4.79 Å². The molecule has 5 atom stereocenters. The zero-order valence-corrected chi connectivity index (χ0v) is 23.4. The van der Waals surface area contributed by atoms with Crippen LogP contribution >= 0.6 is 0 Å². The fourth-order valence-corrected chi connectivity index (χ4v) is 9.42. The third-order valence-corrected chi connectivity index (χ3v) is 11.4. The molecule has 0 saturated heterocycles. The smallest absolute Gasteiger partial charge is 0.155 e. The molecule has 7 rings (SSSR count). The number of hydrogen-bond acceptors (Lipinski definition) is 4. The van der Waals surface area contributed by atoms with Gasteiger partial charge in [-0.25, -0.2) is 0 Å². The van der Waals surface area contributed by atoms with Gasteiger partial charge in [-0.1, -0.05) is 54.0 Å². The number of hydrogen-bond donors (Lipinski definition) is 1. The van der Waals surface area contributed by atoms with Crippen LogP contribution in [0, 0.1) is 28.1 Å². The second kappa shape index (κ2) is 8.42. The number of benzene rings is 2. The van der Waals surface area contributed by atoms with Crippen LogP contribution < -0.4 is 4.90 Å². The van der Waals surface area contributed by atoms with Crippen molar-refractivity contribution in [3.05, 3.63) is 76.4 Å². The van der Waals surface area contributed by atoms with E-state index in [1.54, 1.807) is 11.1 Å². The molecule has 0 aliphatic heterocycles. The molecule has 1 spiro atoms. The first kappa shape index (κ1) is 24.9. The molecule has 5 aliphatic carbocycles. The average molecular weight is 519 g/mol. The summed E-state index contributed by atoms with van der Waals surface area (Å²) in [6, 6.07) is 18.1. The van der Waals surface area contributed by atoms with Crippen molar-refractivity contribution in [2.24, 2.45) is 16.7 Å². The van der Waals surface area contributed by atoms with E-state index in [1.807, 2.05) is 6.08 Å². The molecular formula is C35H38N2O2. The molecule has 0 heterocycles. The van der Waals surface area contributed by atoms with E-state index in [4.69, 9.17) is 0 Å². The Bertz CT molecular complexity index is 1490. The van der Waals surface area contributed by atoms with E-state index >= 15 is 0 Å². The standard InChI is InChI=1S/C35H38N2O2/c1-33-21-30-28-10-6-23(22-4-8-26(9-5-22)37(2)3)18-24(28)20-34-14-12-27(38)19-25(34)7-11-29(32(30)34)31(33)13-15-35(33,39)16-17-36/h4-6,8-10,18-19,30-31,39H,7,11-16,20-21H2,1-3H3/t30?,31-,33-,34+,35+/m0/s1. The number of nitrogens with zero attached hydrogens (tertiary/aromatic N) is 2. The van der Waals surface area contributed by atoms with E-state index in [0.29, 0.717) is 18.8 Å². The number of carbonyl (C=O) groups excluding carboxylic acids is 1. The van der Waals surface area contributed by atoms with Crippen molar-refractivity contribution >= 4 is 11.5 Å². The third kappa shape index (κ3) is 3.35. The molecule has 1 saturated carbocycles. The van der Waals surface area contributed by atoms with Crippen LogP contribution in [-0.4, -0.2) is 30.6 Å². The number of allylic oxidation sites excluding steroid dienone is 4. The summed E-state index contributed by atoms with van der Waals surface area (Å²) in [7, 11) is 4.13. The van der Waals surface area contributed by atoms with E-state index < -0.39 is 5.60 Å². The van der Waals surface area contributed by atoms with Gasteiger partial charge in [-0.05, 0) is 91.3 Å². The molecule has 0 bridgehead atoms. The predicted octanol–water partition coefficient (Wildman–Crippen LogP) is 6.89. The fourth-order valence-electron chi connectivity index (χ4n) is 9.42. The molecular weight excluding hydrogens is 480 g/mol. The minimum Gasteiger partial charge on any atom is -0.388 e. The van der Waals surface area contributed by atoms with Crippen LogP contribution in [0.5, 0.6) is 0 Å². The first-order valence-corrected chi connectivity index (χ1v) is 14.7. The fraction of sp³-hybridized carbons (Fsp3) is 0.486. The van der Waals surface area contributed by atoms with Crippen LogP contribution in [0.2, 0.25) is 0 Å². The lowest BCUT2D eigenvalue weighted by molar-refractivity contribution is -0.115. The molecule has 0 radical (unpaired) electrons. The second-order valence-electron chi connectivity index (χ2n) is 13.3. The molecule has 1 fully saturated rings. The quantitative estimate of drug-likeness (QED) is 0.450. The van der Waals surface area contributed by atoms with Gasteiger partial charge >= 0.3 is 0 Å². The number of carbonyl (C=O) groups is 1. The summed E-state index contributed by atoms with van der Waals surface area (Å²) >= 11 is 0. The van der Waals surface area contributed by atoms with Crippen LogP contribution in [0.15, 0.2) is 65.3 Å². The van der Waals surface area contributed by atoms with E-state index in [0.717, 1.165) is 38.5 Å². The first-order valence-electron chi connectivity index (χ1n) is 14.7. The minimum atomic E-state index is -0.942. The van der Waals surface area contributed by atoms with E-state index in [9.17, 15) is 15.2 Å². The number of fused-ring (bicyclic) bond motifs is 4. The molecule has 5 aliphatic rings. The molecule has 0 amide bonds. The highest BCUT2D eigenvalue weighted by molar-refractivity contribution is 5.92. The number of aliphatic hydroxyl groups is 1. The summed E-state index contributed by atoms with van der Waals surface area (Å²) < 4.78 is 0. The molecule has 200 valence electrons. The normalized spacial score (nSPS) is 34.3. The van der Waals surface area contributed by atoms with Gasteiger partial charge in [-0.2, -0.15) is 5.26 Å². The summed E-state index contributed by atoms with van der Waals surface area (Å²) in [6.07, 6.45) is 9.16. The van der Waals surface area contributed by atoms with Gasteiger partial charge in [0.15, 0.2) is 5.78 Å². The molecule has 4 heteroatoms. The summed E-state index contributed by atoms with van der Waals surface area (Å²) in [5.74, 6) is 0.839. The maximum absolute atomic E-state index is 12.6. The summed E-state index contributed by atoms with van der Waals surface area (Å²) in [5, 5.41) is 21.6. The van der Waals surface area contributed by atoms with Gasteiger partial charge < -0.3 is 10.0 Å². The van der Waals surface area contributed by atoms with Gasteiger partial charge in [0, 0.05) is 43.0 Å². The molecule has 1 unspecified atom stereocenters. The van der Waals surface area contributed by atoms with Crippen LogP contribution in [0.4, 0.5) is 5.69 Å². The molecule has 2 aromatic carbocycles. The molecule has 2 aromatic rings. The topological polar surface area (TPSA) is 64.3 Å². The van der Waals surface area contributed by atoms with Crippen molar-refractivity contribution in [3.8, 4) is 17.2 Å². The van der Waals surface area contributed by atoms with Crippen molar-refractivity contribution in [2.75, 3.05) is 19.0 Å². The minimum absolute atomic E-state index is 0.0656. The van der Waals surface area contributed by atoms with E-state index in [1.165, 1.54) is 33.5 Å². The van der Waals surface area contributed by atoms with E-state index in [2.05, 4.69) is 74.5 Å². The SMILES string of the molecule is CN(C)c1ccc(-c2ccc3c(c2)C[C@]24CCC(=O)C=C2CCC2=C4C3C[C@@]3(C)[C@H]2CC[C@@]3(O)CC#N)cc1. The molecule has 4 nitrogen and oxygen atoms in total. The van der Waals surface area contributed by atoms with E-state index in [-0.39, 0.29) is 29.0 Å². The van der Waals surface area contributed by atoms with Crippen LogP contribution in [0.1, 0.15) is 75.3 Å². The van der Waals surface area contributed by atoms with Gasteiger partial charge in [0.2, 0.25) is 0 Å². The van der Waals surface area contributed by atoms with Gasteiger partial charge in [0.1, 0.15) is 0 Å². The zero-order chi connectivity index (χ0) is 27.2. The van der Waals surface area contributed by atoms with Crippen molar-refractivity contribution < 1.29 is 9.90 Å². The first-order chi connectivity index (χ1) is 18.7. The highest BCUT2D eigenvalue weighted by atomic mass is 16.3. The lowest BCUT2D eigenvalue weighted by Gasteiger charge is -2.59. The Kier molecular flexibility index (Phi) is 5.36. The van der Waals surface area contributed by atoms with Gasteiger partial charge in [0.25, 0.3) is 0 Å². The predicted molar refractivity (Wildman–Crippen MR) is 154 cm³/mol. The number of ketones is 1. The van der Waals surface area contributed by atoms with Gasteiger partial charge in [-0.15, -0.1) is 0 Å². The number of nitriles is 1. The second-order valence-corrected chi connectivity index (χ2v) is 13.3.